The summed E-state index contributed by atoms with van der Waals surface area (Å²) in [6.45, 7) is 9.19. The number of carbonyl (C=O) groups is 2. The van der Waals surface area contributed by atoms with Crippen LogP contribution in [-0.2, 0) is 14.3 Å². The first-order valence-corrected chi connectivity index (χ1v) is 11.7. The number of likely N-dealkylation sites (tertiary alicyclic amines) is 1. The Bertz CT molecular complexity index is 1080. The molecule has 178 valence electrons. The van der Waals surface area contributed by atoms with Gasteiger partial charge in [0.25, 0.3) is 11.7 Å². The molecular formula is C28H31NO5. The van der Waals surface area contributed by atoms with Gasteiger partial charge in [-0.15, -0.1) is 0 Å². The van der Waals surface area contributed by atoms with Crippen LogP contribution in [0.15, 0.2) is 66.8 Å². The summed E-state index contributed by atoms with van der Waals surface area (Å²) in [6, 6.07) is 14.0. The number of hydrogen-bond donors (Lipinski definition) is 1. The fourth-order valence-electron chi connectivity index (χ4n) is 4.51. The van der Waals surface area contributed by atoms with E-state index in [9.17, 15) is 14.7 Å². The topological polar surface area (TPSA) is 76.1 Å². The molecule has 34 heavy (non-hydrogen) atoms. The number of benzene rings is 2. The molecule has 1 amide bonds. The quantitative estimate of drug-likeness (QED) is 0.260. The Hall–Kier alpha value is -3.38. The maximum absolute atomic E-state index is 13.2. The molecule has 0 saturated carbocycles. The first-order valence-electron chi connectivity index (χ1n) is 11.7. The minimum atomic E-state index is -0.680. The van der Waals surface area contributed by atoms with Gasteiger partial charge in [-0.2, -0.15) is 0 Å². The Morgan fingerprint density at radius 1 is 1.18 bits per heavy atom. The summed E-state index contributed by atoms with van der Waals surface area (Å²) < 4.78 is 11.3. The molecule has 0 radical (unpaired) electrons. The number of rotatable bonds is 8. The van der Waals surface area contributed by atoms with Crippen molar-refractivity contribution in [3.63, 3.8) is 0 Å². The maximum atomic E-state index is 13.2. The van der Waals surface area contributed by atoms with E-state index in [0.29, 0.717) is 37.0 Å². The van der Waals surface area contributed by atoms with Gasteiger partial charge in [0, 0.05) is 18.7 Å². The van der Waals surface area contributed by atoms with E-state index in [1.54, 1.807) is 35.2 Å². The molecule has 4 rings (SSSR count). The molecular weight excluding hydrogens is 430 g/mol. The molecule has 2 aromatic carbocycles. The van der Waals surface area contributed by atoms with Gasteiger partial charge in [-0.3, -0.25) is 9.59 Å². The average Bonchev–Trinajstić information content (AvgIpc) is 3.45. The van der Waals surface area contributed by atoms with Crippen molar-refractivity contribution in [1.29, 1.82) is 0 Å². The van der Waals surface area contributed by atoms with Crippen LogP contribution in [0.1, 0.15) is 55.3 Å². The number of hydrogen-bond acceptors (Lipinski definition) is 5. The molecule has 2 aliphatic heterocycles. The van der Waals surface area contributed by atoms with Crippen LogP contribution in [0.4, 0.5) is 0 Å². The summed E-state index contributed by atoms with van der Waals surface area (Å²) >= 11 is 0. The highest BCUT2D eigenvalue weighted by Crippen LogP contribution is 2.40. The number of amides is 1. The van der Waals surface area contributed by atoms with Crippen molar-refractivity contribution in [3.8, 4) is 5.75 Å². The van der Waals surface area contributed by atoms with Gasteiger partial charge in [0.1, 0.15) is 18.1 Å². The van der Waals surface area contributed by atoms with Crippen molar-refractivity contribution < 1.29 is 24.2 Å². The number of nitrogens with zero attached hydrogens (tertiary/aromatic N) is 1. The molecule has 2 fully saturated rings. The van der Waals surface area contributed by atoms with Gasteiger partial charge in [-0.25, -0.2) is 0 Å². The number of ether oxygens (including phenoxy) is 2. The lowest BCUT2D eigenvalue weighted by Gasteiger charge is -2.27. The van der Waals surface area contributed by atoms with Crippen molar-refractivity contribution in [2.75, 3.05) is 19.8 Å². The van der Waals surface area contributed by atoms with E-state index in [1.807, 2.05) is 24.3 Å². The molecule has 2 aliphatic rings. The van der Waals surface area contributed by atoms with Crippen LogP contribution in [0.25, 0.3) is 5.76 Å². The Morgan fingerprint density at radius 2 is 1.88 bits per heavy atom. The lowest BCUT2D eigenvalue weighted by atomic mass is 9.93. The predicted octanol–water partition coefficient (Wildman–Crippen LogP) is 4.98. The number of Topliss-reactive ketones (excluding diaryl/α,β-unsaturated/α-hetero) is 1. The van der Waals surface area contributed by atoms with E-state index in [4.69, 9.17) is 9.47 Å². The second kappa shape index (κ2) is 10.3. The minimum absolute atomic E-state index is 0.0973. The van der Waals surface area contributed by atoms with Crippen LogP contribution in [0.2, 0.25) is 0 Å². The third-order valence-corrected chi connectivity index (χ3v) is 6.38. The number of aliphatic hydroxyl groups excluding tert-OH is 1. The van der Waals surface area contributed by atoms with Gasteiger partial charge in [0.05, 0.1) is 17.7 Å². The lowest BCUT2D eigenvalue weighted by molar-refractivity contribution is -0.140. The molecule has 6 nitrogen and oxygen atoms in total. The summed E-state index contributed by atoms with van der Waals surface area (Å²) in [6.07, 6.45) is 3.31. The van der Waals surface area contributed by atoms with Crippen molar-refractivity contribution >= 4 is 17.4 Å². The van der Waals surface area contributed by atoms with E-state index in [-0.39, 0.29) is 17.4 Å². The largest absolute Gasteiger partial charge is 0.507 e. The van der Waals surface area contributed by atoms with Crippen LogP contribution >= 0.6 is 0 Å². The van der Waals surface area contributed by atoms with E-state index >= 15 is 0 Å². The summed E-state index contributed by atoms with van der Waals surface area (Å²) in [5, 5.41) is 11.2. The van der Waals surface area contributed by atoms with E-state index in [1.165, 1.54) is 0 Å². The third kappa shape index (κ3) is 4.77. The number of ketones is 1. The van der Waals surface area contributed by atoms with Crippen LogP contribution in [0.3, 0.4) is 0 Å². The highest BCUT2D eigenvalue weighted by atomic mass is 16.5. The summed E-state index contributed by atoms with van der Waals surface area (Å²) in [7, 11) is 0. The number of carbonyl (C=O) groups excluding carboxylic acids is 2. The second-order valence-corrected chi connectivity index (χ2v) is 9.03. The Balaban J connectivity index is 1.75. The zero-order chi connectivity index (χ0) is 24.2. The molecule has 2 heterocycles. The molecule has 0 aliphatic carbocycles. The maximum Gasteiger partial charge on any atom is 0.295 e. The summed E-state index contributed by atoms with van der Waals surface area (Å²) in [4.78, 5) is 27.9. The first-order chi connectivity index (χ1) is 16.4. The summed E-state index contributed by atoms with van der Waals surface area (Å²) in [5.41, 5.74) is 2.49. The van der Waals surface area contributed by atoms with E-state index in [2.05, 4.69) is 20.4 Å². The Labute approximate surface area is 200 Å². The molecule has 1 N–H and O–H groups in total. The third-order valence-electron chi connectivity index (χ3n) is 6.38. The zero-order valence-electron chi connectivity index (χ0n) is 19.7. The summed E-state index contributed by atoms with van der Waals surface area (Å²) in [5.74, 6) is -0.507. The van der Waals surface area contributed by atoms with Crippen LogP contribution in [0, 0.1) is 0 Å². The SMILES string of the molecule is C=CCOc1ccc(C(O)=C2C(=O)C(=O)N(C[C@H]3CCCO3)[C@@H]2c2ccc(C(C)C)cc2)cc1. The molecule has 2 atom stereocenters. The monoisotopic (exact) mass is 461 g/mol. The molecule has 0 spiro atoms. The van der Waals surface area contributed by atoms with Crippen molar-refractivity contribution in [1.82, 2.24) is 4.90 Å². The lowest BCUT2D eigenvalue weighted by Crippen LogP contribution is -2.36. The highest BCUT2D eigenvalue weighted by molar-refractivity contribution is 6.46. The van der Waals surface area contributed by atoms with Gasteiger partial charge < -0.3 is 19.5 Å². The molecule has 0 aromatic heterocycles. The highest BCUT2D eigenvalue weighted by Gasteiger charge is 2.47. The van der Waals surface area contributed by atoms with Gasteiger partial charge in [-0.05, 0) is 54.2 Å². The minimum Gasteiger partial charge on any atom is -0.507 e. The van der Waals surface area contributed by atoms with Gasteiger partial charge in [0.2, 0.25) is 0 Å². The number of aliphatic hydroxyl groups is 1. The van der Waals surface area contributed by atoms with Crippen molar-refractivity contribution in [2.45, 2.75) is 44.8 Å². The first kappa shape index (κ1) is 23.8. The zero-order valence-corrected chi connectivity index (χ0v) is 19.7. The van der Waals surface area contributed by atoms with Crippen molar-refractivity contribution in [3.05, 3.63) is 83.4 Å². The molecule has 2 saturated heterocycles. The van der Waals surface area contributed by atoms with Crippen LogP contribution in [-0.4, -0.2) is 47.6 Å². The van der Waals surface area contributed by atoms with Gasteiger partial charge >= 0.3 is 0 Å². The molecule has 6 heteroatoms. The standard InChI is InChI=1S/C28H31NO5/c1-4-15-33-22-13-11-21(12-14-22)26(30)24-25(20-9-7-19(8-10-20)18(2)3)29(28(32)27(24)31)17-23-6-5-16-34-23/h4,7-14,18,23,25,30H,1,5-6,15-17H2,2-3H3/t23-,25-/m1/s1. The van der Waals surface area contributed by atoms with Crippen molar-refractivity contribution in [2.24, 2.45) is 0 Å². The van der Waals surface area contributed by atoms with Crippen LogP contribution < -0.4 is 4.74 Å². The van der Waals surface area contributed by atoms with E-state index in [0.717, 1.165) is 24.0 Å². The van der Waals surface area contributed by atoms with Crippen LogP contribution in [0.5, 0.6) is 5.75 Å². The Kier molecular flexibility index (Phi) is 7.17. The molecule has 2 aromatic rings. The fourth-order valence-corrected chi connectivity index (χ4v) is 4.51. The molecule has 0 unspecified atom stereocenters. The Morgan fingerprint density at radius 3 is 2.47 bits per heavy atom. The van der Waals surface area contributed by atoms with Gasteiger partial charge in [-0.1, -0.05) is 50.8 Å². The second-order valence-electron chi connectivity index (χ2n) is 9.03. The normalized spacial score (nSPS) is 21.9. The van der Waals surface area contributed by atoms with Gasteiger partial charge in [0.15, 0.2) is 0 Å². The van der Waals surface area contributed by atoms with E-state index < -0.39 is 17.7 Å². The molecule has 0 bridgehead atoms. The predicted molar refractivity (Wildman–Crippen MR) is 131 cm³/mol. The smallest absolute Gasteiger partial charge is 0.295 e. The fraction of sp³-hybridized carbons (Fsp3) is 0.357. The average molecular weight is 462 g/mol.